The average Bonchev–Trinajstić information content (AvgIpc) is 3.86. The van der Waals surface area contributed by atoms with E-state index in [0.29, 0.717) is 26.3 Å². The fourth-order valence-electron chi connectivity index (χ4n) is 6.32. The molecule has 2 fully saturated rings. The normalized spacial score (nSPS) is 18.2. The lowest BCUT2D eigenvalue weighted by atomic mass is 10.1. The molecule has 4 heterocycles. The first-order valence-corrected chi connectivity index (χ1v) is 17.2. The van der Waals surface area contributed by atoms with Crippen molar-refractivity contribution < 1.29 is 23.8 Å². The Morgan fingerprint density at radius 1 is 0.673 bits per heavy atom. The van der Waals surface area contributed by atoms with Crippen molar-refractivity contribution in [1.29, 1.82) is 0 Å². The maximum atomic E-state index is 12.7. The zero-order valence-corrected chi connectivity index (χ0v) is 29.4. The van der Waals surface area contributed by atoms with E-state index >= 15 is 0 Å². The first-order chi connectivity index (χ1) is 23.3. The van der Waals surface area contributed by atoms with E-state index < -0.39 is 11.2 Å². The van der Waals surface area contributed by atoms with Crippen molar-refractivity contribution in [2.24, 2.45) is 0 Å². The highest BCUT2D eigenvalue weighted by molar-refractivity contribution is 5.70. The van der Waals surface area contributed by atoms with Crippen molar-refractivity contribution in [3.63, 3.8) is 0 Å². The number of carbonyl (C=O) groups is 2. The number of H-pyrrole nitrogens is 2. The third-order valence-electron chi connectivity index (χ3n) is 8.63. The monoisotopic (exact) mass is 668 g/mol. The van der Waals surface area contributed by atoms with Crippen LogP contribution in [-0.2, 0) is 27.4 Å². The van der Waals surface area contributed by atoms with Crippen LogP contribution < -0.4 is 0 Å². The molecule has 0 spiro atoms. The second-order valence-electron chi connectivity index (χ2n) is 14.9. The summed E-state index contributed by atoms with van der Waals surface area (Å²) in [6.07, 6.45) is 6.74. The molecule has 260 valence electrons. The fraction of sp³-hybridized carbons (Fsp3) is 0.474. The highest BCUT2D eigenvalue weighted by Crippen LogP contribution is 2.34. The summed E-state index contributed by atoms with van der Waals surface area (Å²) < 4.78 is 17.3. The van der Waals surface area contributed by atoms with E-state index in [1.807, 2.05) is 78.2 Å². The van der Waals surface area contributed by atoms with Crippen LogP contribution in [0.3, 0.4) is 0 Å². The van der Waals surface area contributed by atoms with Crippen LogP contribution in [0.4, 0.5) is 9.59 Å². The predicted molar refractivity (Wildman–Crippen MR) is 186 cm³/mol. The molecule has 0 unspecified atom stereocenters. The van der Waals surface area contributed by atoms with Crippen LogP contribution in [0.1, 0.15) is 102 Å². The van der Waals surface area contributed by atoms with E-state index in [0.717, 1.165) is 71.0 Å². The van der Waals surface area contributed by atoms with E-state index in [1.54, 1.807) is 9.80 Å². The molecule has 0 radical (unpaired) electrons. The summed E-state index contributed by atoms with van der Waals surface area (Å²) in [4.78, 5) is 45.3. The number of carbonyl (C=O) groups excluding carboxylic acids is 2. The van der Waals surface area contributed by atoms with Crippen molar-refractivity contribution in [3.05, 3.63) is 83.7 Å². The van der Waals surface area contributed by atoms with Crippen LogP contribution in [0.2, 0.25) is 0 Å². The molecule has 0 aliphatic carbocycles. The molecule has 49 heavy (non-hydrogen) atoms. The molecule has 11 nitrogen and oxygen atoms in total. The van der Waals surface area contributed by atoms with Gasteiger partial charge in [0, 0.05) is 36.6 Å². The van der Waals surface area contributed by atoms with Crippen molar-refractivity contribution in [2.75, 3.05) is 13.1 Å². The summed E-state index contributed by atoms with van der Waals surface area (Å²) in [6.45, 7) is 13.6. The van der Waals surface area contributed by atoms with Crippen LogP contribution in [0.5, 0.6) is 0 Å². The molecule has 11 heteroatoms. The number of aromatic amines is 2. The first kappa shape index (κ1) is 34.2. The number of likely N-dealkylation sites (tertiary alicyclic amines) is 2. The summed E-state index contributed by atoms with van der Waals surface area (Å²) in [5.74, 6) is 1.56. The quantitative estimate of drug-likeness (QED) is 0.193. The van der Waals surface area contributed by atoms with Crippen LogP contribution in [0.15, 0.2) is 60.9 Å². The predicted octanol–water partition coefficient (Wildman–Crippen LogP) is 8.33. The lowest BCUT2D eigenvalue weighted by Gasteiger charge is -2.27. The minimum absolute atomic E-state index is 0.115. The van der Waals surface area contributed by atoms with E-state index in [9.17, 15) is 9.59 Å². The topological polar surface area (TPSA) is 126 Å². The maximum Gasteiger partial charge on any atom is 0.410 e. The van der Waals surface area contributed by atoms with Crippen molar-refractivity contribution in [3.8, 4) is 22.5 Å². The zero-order chi connectivity index (χ0) is 34.8. The van der Waals surface area contributed by atoms with E-state index in [1.165, 1.54) is 0 Å². The van der Waals surface area contributed by atoms with Crippen molar-refractivity contribution in [2.45, 2.75) is 104 Å². The second-order valence-corrected chi connectivity index (χ2v) is 14.9. The second kappa shape index (κ2) is 14.1. The van der Waals surface area contributed by atoms with Gasteiger partial charge in [-0.05, 0) is 78.4 Å². The third-order valence-corrected chi connectivity index (χ3v) is 8.63. The van der Waals surface area contributed by atoms with Gasteiger partial charge in [-0.3, -0.25) is 9.80 Å². The Balaban J connectivity index is 0.995. The van der Waals surface area contributed by atoms with Gasteiger partial charge in [0.15, 0.2) is 0 Å². The van der Waals surface area contributed by atoms with Gasteiger partial charge in [-0.1, -0.05) is 48.5 Å². The number of hydrogen-bond donors (Lipinski definition) is 2. The Morgan fingerprint density at radius 2 is 1.06 bits per heavy atom. The number of hydrogen-bond acceptors (Lipinski definition) is 7. The Bertz CT molecular complexity index is 1600. The molecule has 2 saturated heterocycles. The van der Waals surface area contributed by atoms with E-state index in [2.05, 4.69) is 34.2 Å². The summed E-state index contributed by atoms with van der Waals surface area (Å²) in [7, 11) is 0. The van der Waals surface area contributed by atoms with Gasteiger partial charge in [-0.25, -0.2) is 19.6 Å². The lowest BCUT2D eigenvalue weighted by molar-refractivity contribution is 0.0208. The maximum absolute atomic E-state index is 12.7. The van der Waals surface area contributed by atoms with Gasteiger partial charge >= 0.3 is 12.2 Å². The SMILES string of the molecule is CC(C)(C)OC(=O)N1CCC[C@H]1c1nc(-c2ccc(COCc3ccc(-c4c[nH]c([C@@H]5CCCN5C(=O)OC(C)(C)C)n4)cc3)cc2)c[nH]1. The summed E-state index contributed by atoms with van der Waals surface area (Å²) in [5.41, 5.74) is 4.74. The van der Waals surface area contributed by atoms with Crippen LogP contribution in [0, 0.1) is 0 Å². The summed E-state index contributed by atoms with van der Waals surface area (Å²) >= 11 is 0. The van der Waals surface area contributed by atoms with E-state index in [4.69, 9.17) is 24.2 Å². The number of nitrogens with one attached hydrogen (secondary N) is 2. The lowest BCUT2D eigenvalue weighted by Crippen LogP contribution is -2.36. The summed E-state index contributed by atoms with van der Waals surface area (Å²) in [5, 5.41) is 0. The van der Waals surface area contributed by atoms with Crippen LogP contribution in [0.25, 0.3) is 22.5 Å². The summed E-state index contributed by atoms with van der Waals surface area (Å²) in [6, 6.07) is 16.2. The number of aromatic nitrogens is 4. The molecule has 6 rings (SSSR count). The standard InChI is InChI=1S/C38H48N6O5/c1-37(2,3)48-35(45)43-19-7-9-31(43)33-39-21-29(41-33)27-15-11-25(12-16-27)23-47-24-26-13-17-28(18-14-26)30-22-40-34(42-30)32-10-8-20-44(32)36(46)49-38(4,5)6/h11-18,21-22,31-32H,7-10,19-20,23-24H2,1-6H3,(H,39,41)(H,40,42)/t31-,32-/m0/s1. The van der Waals surface area contributed by atoms with Crippen LogP contribution >= 0.6 is 0 Å². The molecule has 2 aliphatic heterocycles. The zero-order valence-electron chi connectivity index (χ0n) is 29.4. The molecule has 2 amide bonds. The first-order valence-electron chi connectivity index (χ1n) is 17.2. The van der Waals surface area contributed by atoms with Gasteiger partial charge in [0.1, 0.15) is 22.9 Å². The van der Waals surface area contributed by atoms with Gasteiger partial charge < -0.3 is 24.2 Å². The number of benzene rings is 2. The molecular weight excluding hydrogens is 620 g/mol. The van der Waals surface area contributed by atoms with Gasteiger partial charge in [0.05, 0.1) is 36.7 Å². The minimum atomic E-state index is -0.536. The Hall–Kier alpha value is -4.64. The molecule has 0 bridgehead atoms. The molecular formula is C38H48N6O5. The Kier molecular flexibility index (Phi) is 9.83. The van der Waals surface area contributed by atoms with Crippen LogP contribution in [-0.4, -0.2) is 66.2 Å². The minimum Gasteiger partial charge on any atom is -0.444 e. The number of rotatable bonds is 8. The largest absolute Gasteiger partial charge is 0.444 e. The molecule has 2 aliphatic rings. The number of amides is 2. The molecule has 2 N–H and O–H groups in total. The van der Waals surface area contributed by atoms with Gasteiger partial charge in [-0.15, -0.1) is 0 Å². The Labute approximate surface area is 288 Å². The molecule has 4 aromatic rings. The molecule has 2 aromatic heterocycles. The van der Waals surface area contributed by atoms with Gasteiger partial charge in [-0.2, -0.15) is 0 Å². The molecule has 2 atom stereocenters. The highest BCUT2D eigenvalue weighted by atomic mass is 16.6. The fourth-order valence-corrected chi connectivity index (χ4v) is 6.32. The Morgan fingerprint density at radius 3 is 1.43 bits per heavy atom. The molecule has 2 aromatic carbocycles. The highest BCUT2D eigenvalue weighted by Gasteiger charge is 2.36. The smallest absolute Gasteiger partial charge is 0.410 e. The van der Waals surface area contributed by atoms with Gasteiger partial charge in [0.25, 0.3) is 0 Å². The number of imidazole rings is 2. The third kappa shape index (κ3) is 8.51. The number of nitrogens with zero attached hydrogens (tertiary/aromatic N) is 4. The van der Waals surface area contributed by atoms with Gasteiger partial charge in [0.2, 0.25) is 0 Å². The average molecular weight is 669 g/mol. The number of ether oxygens (including phenoxy) is 3. The van der Waals surface area contributed by atoms with Crippen molar-refractivity contribution >= 4 is 12.2 Å². The molecule has 0 saturated carbocycles. The van der Waals surface area contributed by atoms with Crippen molar-refractivity contribution in [1.82, 2.24) is 29.7 Å². The van der Waals surface area contributed by atoms with E-state index in [-0.39, 0.29) is 24.3 Å².